The van der Waals surface area contributed by atoms with Crippen LogP contribution in [0.1, 0.15) is 32.8 Å². The van der Waals surface area contributed by atoms with Gasteiger partial charge in [0.15, 0.2) is 0 Å². The molecule has 1 aliphatic rings. The second-order valence-electron chi connectivity index (χ2n) is 9.54. The molecule has 9 heteroatoms. The zero-order chi connectivity index (χ0) is 28.9. The summed E-state index contributed by atoms with van der Waals surface area (Å²) in [6.45, 7) is 3.81. The molecule has 41 heavy (non-hydrogen) atoms. The van der Waals surface area contributed by atoms with E-state index in [1.807, 2.05) is 61.7 Å². The van der Waals surface area contributed by atoms with Gasteiger partial charge in [-0.25, -0.2) is 4.90 Å². The van der Waals surface area contributed by atoms with Crippen LogP contribution in [0.15, 0.2) is 101 Å². The quantitative estimate of drug-likeness (QED) is 0.191. The van der Waals surface area contributed by atoms with E-state index in [9.17, 15) is 19.2 Å². The van der Waals surface area contributed by atoms with Crippen LogP contribution < -0.4 is 15.5 Å². The monoisotopic (exact) mass is 581 g/mol. The van der Waals surface area contributed by atoms with Gasteiger partial charge in [-0.15, -0.1) is 23.1 Å². The normalized spacial score (nSPS) is 15.2. The Bertz CT molecular complexity index is 1650. The van der Waals surface area contributed by atoms with Crippen molar-refractivity contribution in [2.45, 2.75) is 30.4 Å². The molecule has 5 rings (SSSR count). The van der Waals surface area contributed by atoms with Crippen LogP contribution in [0.3, 0.4) is 0 Å². The molecule has 4 amide bonds. The highest BCUT2D eigenvalue weighted by atomic mass is 32.2. The third-order valence-corrected chi connectivity index (χ3v) is 8.44. The molecule has 1 saturated heterocycles. The summed E-state index contributed by atoms with van der Waals surface area (Å²) in [5.74, 6) is -1.38. The second-order valence-corrected chi connectivity index (χ2v) is 11.8. The first-order chi connectivity index (χ1) is 19.8. The number of thiophene rings is 1. The Balaban J connectivity index is 1.31. The number of aryl methyl sites for hydroxylation is 2. The standard InChI is InChI=1S/C32H27N3O4S2/c1-20-13-14-21(2)27(16-20)35-29(36)19-28(32(35)39)41-25-11-6-10-23(17-25)33-31(38)26(18-24-12-7-15-40-24)34-30(37)22-8-4-3-5-9-22/h3-18,28H,19H2,1-2H3,(H,33,38)(H,34,37)/b26-18-. The van der Waals surface area contributed by atoms with Gasteiger partial charge in [0.2, 0.25) is 11.8 Å². The Morgan fingerprint density at radius 2 is 1.76 bits per heavy atom. The van der Waals surface area contributed by atoms with Gasteiger partial charge in [0.05, 0.1) is 10.9 Å². The molecule has 0 bridgehead atoms. The average molecular weight is 582 g/mol. The predicted molar refractivity (Wildman–Crippen MR) is 164 cm³/mol. The van der Waals surface area contributed by atoms with Crippen molar-refractivity contribution in [3.63, 3.8) is 0 Å². The molecular formula is C32H27N3O4S2. The van der Waals surface area contributed by atoms with Crippen LogP contribution in [0.2, 0.25) is 0 Å². The highest BCUT2D eigenvalue weighted by Crippen LogP contribution is 2.36. The van der Waals surface area contributed by atoms with Crippen LogP contribution in [0, 0.1) is 13.8 Å². The number of thioether (sulfide) groups is 1. The van der Waals surface area contributed by atoms with Crippen LogP contribution in [0.25, 0.3) is 6.08 Å². The molecule has 0 aliphatic carbocycles. The maximum absolute atomic E-state index is 13.3. The number of imide groups is 1. The third-order valence-electron chi connectivity index (χ3n) is 6.44. The molecule has 7 nitrogen and oxygen atoms in total. The van der Waals surface area contributed by atoms with E-state index < -0.39 is 17.1 Å². The summed E-state index contributed by atoms with van der Waals surface area (Å²) in [6.07, 6.45) is 1.72. The number of rotatable bonds is 8. The number of carbonyl (C=O) groups excluding carboxylic acids is 4. The van der Waals surface area contributed by atoms with Crippen molar-refractivity contribution in [3.05, 3.63) is 118 Å². The first-order valence-corrected chi connectivity index (χ1v) is 14.7. The predicted octanol–water partition coefficient (Wildman–Crippen LogP) is 6.20. The highest BCUT2D eigenvalue weighted by molar-refractivity contribution is 8.00. The fourth-order valence-electron chi connectivity index (χ4n) is 4.38. The van der Waals surface area contributed by atoms with Crippen LogP contribution >= 0.6 is 23.1 Å². The van der Waals surface area contributed by atoms with Crippen molar-refractivity contribution in [1.82, 2.24) is 5.32 Å². The minimum atomic E-state index is -0.576. The molecule has 1 unspecified atom stereocenters. The van der Waals surface area contributed by atoms with Gasteiger partial charge in [0.25, 0.3) is 11.8 Å². The minimum Gasteiger partial charge on any atom is -0.321 e. The van der Waals surface area contributed by atoms with E-state index in [1.165, 1.54) is 28.0 Å². The zero-order valence-electron chi connectivity index (χ0n) is 22.4. The van der Waals surface area contributed by atoms with E-state index in [2.05, 4.69) is 10.6 Å². The van der Waals surface area contributed by atoms with Gasteiger partial charge in [-0.3, -0.25) is 19.2 Å². The Kier molecular flexibility index (Phi) is 8.47. The molecule has 1 fully saturated rings. The van der Waals surface area contributed by atoms with Gasteiger partial charge in [0.1, 0.15) is 5.70 Å². The number of carbonyl (C=O) groups is 4. The summed E-state index contributed by atoms with van der Waals surface area (Å²) in [5.41, 5.74) is 3.47. The molecule has 0 spiro atoms. The third kappa shape index (κ3) is 6.65. The van der Waals surface area contributed by atoms with E-state index in [4.69, 9.17) is 0 Å². The summed E-state index contributed by atoms with van der Waals surface area (Å²) in [4.78, 5) is 55.1. The molecule has 0 saturated carbocycles. The molecule has 1 aliphatic heterocycles. The van der Waals surface area contributed by atoms with E-state index in [1.54, 1.807) is 48.5 Å². The fraction of sp³-hybridized carbons (Fsp3) is 0.125. The fourth-order valence-corrected chi connectivity index (χ4v) is 6.15. The maximum atomic E-state index is 13.3. The summed E-state index contributed by atoms with van der Waals surface area (Å²) in [5, 5.41) is 6.89. The number of benzene rings is 3. The second kappa shape index (κ2) is 12.4. The molecule has 2 N–H and O–H groups in total. The lowest BCUT2D eigenvalue weighted by Gasteiger charge is -2.18. The van der Waals surface area contributed by atoms with Crippen LogP contribution in [0.4, 0.5) is 11.4 Å². The first kappa shape index (κ1) is 28.1. The van der Waals surface area contributed by atoms with E-state index in [0.717, 1.165) is 20.9 Å². The van der Waals surface area contributed by atoms with Crippen molar-refractivity contribution >= 4 is 64.2 Å². The lowest BCUT2D eigenvalue weighted by molar-refractivity contribution is -0.121. The van der Waals surface area contributed by atoms with Crippen molar-refractivity contribution in [1.29, 1.82) is 0 Å². The molecule has 206 valence electrons. The smallest absolute Gasteiger partial charge is 0.272 e. The zero-order valence-corrected chi connectivity index (χ0v) is 24.1. The lowest BCUT2D eigenvalue weighted by Crippen LogP contribution is -2.31. The Labute approximate surface area is 246 Å². The Morgan fingerprint density at radius 1 is 0.951 bits per heavy atom. The molecule has 0 radical (unpaired) electrons. The van der Waals surface area contributed by atoms with Gasteiger partial charge >= 0.3 is 0 Å². The SMILES string of the molecule is Cc1ccc(C)c(N2C(=O)CC(Sc3cccc(NC(=O)/C(=C/c4cccs4)NC(=O)c4ccccc4)c3)C2=O)c1. The molecular weight excluding hydrogens is 555 g/mol. The number of amides is 4. The van der Waals surface area contributed by atoms with E-state index >= 15 is 0 Å². The summed E-state index contributed by atoms with van der Waals surface area (Å²) >= 11 is 2.73. The number of anilines is 2. The largest absolute Gasteiger partial charge is 0.321 e. The molecule has 2 heterocycles. The van der Waals surface area contributed by atoms with Gasteiger partial charge in [-0.2, -0.15) is 0 Å². The minimum absolute atomic E-state index is 0.0900. The van der Waals surface area contributed by atoms with Crippen molar-refractivity contribution in [2.75, 3.05) is 10.2 Å². The topological polar surface area (TPSA) is 95.6 Å². The van der Waals surface area contributed by atoms with Crippen LogP contribution in [0.5, 0.6) is 0 Å². The number of hydrogen-bond acceptors (Lipinski definition) is 6. The van der Waals surface area contributed by atoms with Gasteiger partial charge < -0.3 is 10.6 Å². The van der Waals surface area contributed by atoms with E-state index in [-0.39, 0.29) is 23.9 Å². The summed E-state index contributed by atoms with van der Waals surface area (Å²) < 4.78 is 0. The van der Waals surface area contributed by atoms with Gasteiger partial charge in [-0.1, -0.05) is 42.5 Å². The number of hydrogen-bond donors (Lipinski definition) is 2. The molecule has 1 atom stereocenters. The van der Waals surface area contributed by atoms with E-state index in [0.29, 0.717) is 16.9 Å². The average Bonchev–Trinajstić information content (AvgIpc) is 3.57. The molecule has 4 aromatic rings. The van der Waals surface area contributed by atoms with Crippen LogP contribution in [-0.4, -0.2) is 28.9 Å². The van der Waals surface area contributed by atoms with Crippen molar-refractivity contribution in [3.8, 4) is 0 Å². The van der Waals surface area contributed by atoms with Gasteiger partial charge in [-0.05, 0) is 78.9 Å². The lowest BCUT2D eigenvalue weighted by atomic mass is 10.1. The van der Waals surface area contributed by atoms with Gasteiger partial charge in [0, 0.05) is 27.4 Å². The van der Waals surface area contributed by atoms with Crippen LogP contribution in [-0.2, 0) is 14.4 Å². The summed E-state index contributed by atoms with van der Waals surface area (Å²) in [7, 11) is 0. The number of nitrogens with one attached hydrogen (secondary N) is 2. The van der Waals surface area contributed by atoms with Crippen molar-refractivity contribution < 1.29 is 19.2 Å². The highest BCUT2D eigenvalue weighted by Gasteiger charge is 2.40. The summed E-state index contributed by atoms with van der Waals surface area (Å²) in [6, 6.07) is 25.2. The first-order valence-electron chi connectivity index (χ1n) is 12.9. The Hall–Kier alpha value is -4.47. The Morgan fingerprint density at radius 3 is 2.51 bits per heavy atom. The molecule has 3 aromatic carbocycles. The van der Waals surface area contributed by atoms with Crippen molar-refractivity contribution in [2.24, 2.45) is 0 Å². The molecule has 1 aromatic heterocycles. The number of nitrogens with zero attached hydrogens (tertiary/aromatic N) is 1. The maximum Gasteiger partial charge on any atom is 0.272 e.